The lowest BCUT2D eigenvalue weighted by molar-refractivity contribution is -0.208. The van der Waals surface area contributed by atoms with E-state index < -0.39 is 38.4 Å². The van der Waals surface area contributed by atoms with Crippen molar-refractivity contribution in [3.8, 4) is 16.9 Å². The smallest absolute Gasteiger partial charge is 0.314 e. The van der Waals surface area contributed by atoms with Crippen LogP contribution >= 0.6 is 0 Å². The SMILES string of the molecule is COc1ccc([SiH]2c3ccccc3-c3ccccc32)cc1C(CC(=O)OC1(C)C2CC3CC(C2)CC1C3)C(=O)OC(C=O)COC1(C)C2CC3CC(C2)CC1C3. The Balaban J connectivity index is 0.953. The van der Waals surface area contributed by atoms with Crippen LogP contribution in [0.5, 0.6) is 5.75 Å². The average molecular weight is 773 g/mol. The summed E-state index contributed by atoms with van der Waals surface area (Å²) in [4.78, 5) is 41.6. The second-order valence-electron chi connectivity index (χ2n) is 19.2. The van der Waals surface area contributed by atoms with E-state index in [0.29, 0.717) is 41.3 Å². The zero-order valence-electron chi connectivity index (χ0n) is 33.1. The molecule has 3 aromatic carbocycles. The van der Waals surface area contributed by atoms with E-state index >= 15 is 0 Å². The van der Waals surface area contributed by atoms with Crippen LogP contribution in [0.4, 0.5) is 0 Å². The van der Waals surface area contributed by atoms with Crippen LogP contribution in [-0.4, -0.2) is 58.0 Å². The number of benzene rings is 3. The second-order valence-corrected chi connectivity index (χ2v) is 22.0. The molecule has 56 heavy (non-hydrogen) atoms. The molecule has 0 radical (unpaired) electrons. The van der Waals surface area contributed by atoms with Crippen molar-refractivity contribution in [3.05, 3.63) is 72.3 Å². The maximum absolute atomic E-state index is 14.6. The highest BCUT2D eigenvalue weighted by molar-refractivity contribution is 6.99. The monoisotopic (exact) mass is 772 g/mol. The predicted octanol–water partition coefficient (Wildman–Crippen LogP) is 6.50. The summed E-state index contributed by atoms with van der Waals surface area (Å²) in [6.45, 7) is 4.36. The highest BCUT2D eigenvalue weighted by atomic mass is 28.3. The molecule has 8 fully saturated rings. The topological polar surface area (TPSA) is 88.1 Å². The van der Waals surface area contributed by atoms with Crippen LogP contribution in [0.25, 0.3) is 11.1 Å². The van der Waals surface area contributed by atoms with Gasteiger partial charge < -0.3 is 18.9 Å². The minimum Gasteiger partial charge on any atom is -0.496 e. The van der Waals surface area contributed by atoms with Gasteiger partial charge >= 0.3 is 11.9 Å². The average Bonchev–Trinajstić information content (AvgIpc) is 3.53. The van der Waals surface area contributed by atoms with Gasteiger partial charge in [-0.05, 0) is 153 Å². The first-order valence-corrected chi connectivity index (χ1v) is 23.2. The summed E-state index contributed by atoms with van der Waals surface area (Å²) < 4.78 is 25.3. The number of aldehydes is 1. The second kappa shape index (κ2) is 14.0. The maximum Gasteiger partial charge on any atom is 0.314 e. The van der Waals surface area contributed by atoms with Crippen LogP contribution in [0.1, 0.15) is 96.0 Å². The van der Waals surface area contributed by atoms with Crippen LogP contribution in [0.3, 0.4) is 0 Å². The molecule has 8 bridgehead atoms. The first-order valence-electron chi connectivity index (χ1n) is 21.5. The first-order chi connectivity index (χ1) is 27.1. The van der Waals surface area contributed by atoms with Gasteiger partial charge in [0, 0.05) is 5.56 Å². The minimum atomic E-state index is -1.94. The highest BCUT2D eigenvalue weighted by Crippen LogP contribution is 2.61. The molecule has 0 amide bonds. The zero-order chi connectivity index (χ0) is 38.3. The van der Waals surface area contributed by atoms with Crippen molar-refractivity contribution in [1.82, 2.24) is 0 Å². The molecule has 1 heterocycles. The van der Waals surface area contributed by atoms with Gasteiger partial charge in [-0.25, -0.2) is 0 Å². The van der Waals surface area contributed by atoms with E-state index in [-0.39, 0.29) is 18.6 Å². The van der Waals surface area contributed by atoms with Crippen molar-refractivity contribution in [2.24, 2.45) is 47.3 Å². The Morgan fingerprint density at radius 2 is 1.25 bits per heavy atom. The Hall–Kier alpha value is -3.75. The van der Waals surface area contributed by atoms with Crippen molar-refractivity contribution in [1.29, 1.82) is 0 Å². The van der Waals surface area contributed by atoms with Crippen molar-refractivity contribution < 1.29 is 33.3 Å². The summed E-state index contributed by atoms with van der Waals surface area (Å²) in [7, 11) is -0.344. The summed E-state index contributed by atoms with van der Waals surface area (Å²) in [6, 6.07) is 23.3. The molecule has 8 aliphatic carbocycles. The Labute approximate surface area is 332 Å². The fourth-order valence-electron chi connectivity index (χ4n) is 13.7. The predicted molar refractivity (Wildman–Crippen MR) is 217 cm³/mol. The summed E-state index contributed by atoms with van der Waals surface area (Å²) >= 11 is 0. The first kappa shape index (κ1) is 36.6. The molecule has 9 aliphatic rings. The molecule has 0 aromatic heterocycles. The van der Waals surface area contributed by atoms with Gasteiger partial charge in [-0.1, -0.05) is 65.9 Å². The van der Waals surface area contributed by atoms with Gasteiger partial charge in [-0.15, -0.1) is 0 Å². The zero-order valence-corrected chi connectivity index (χ0v) is 34.3. The van der Waals surface area contributed by atoms with Crippen molar-refractivity contribution in [2.45, 2.75) is 108 Å². The molecular weight excluding hydrogens is 717 g/mol. The van der Waals surface area contributed by atoms with Gasteiger partial charge in [0.15, 0.2) is 12.4 Å². The Bertz CT molecular complexity index is 1940. The number of carbonyl (C=O) groups is 3. The number of methoxy groups -OCH3 is 1. The van der Waals surface area contributed by atoms with Gasteiger partial charge in [0.2, 0.25) is 0 Å². The van der Waals surface area contributed by atoms with Gasteiger partial charge in [0.05, 0.1) is 31.7 Å². The van der Waals surface area contributed by atoms with Crippen molar-refractivity contribution in [2.75, 3.05) is 13.7 Å². The number of esters is 2. The van der Waals surface area contributed by atoms with Crippen LogP contribution in [0.15, 0.2) is 66.7 Å². The van der Waals surface area contributed by atoms with E-state index in [9.17, 15) is 14.4 Å². The molecule has 3 aromatic rings. The van der Waals surface area contributed by atoms with Crippen molar-refractivity contribution >= 4 is 42.6 Å². The van der Waals surface area contributed by atoms with E-state index in [1.54, 1.807) is 7.11 Å². The lowest BCUT2D eigenvalue weighted by Crippen LogP contribution is -2.58. The third-order valence-corrected chi connectivity index (χ3v) is 19.6. The number of hydrogen-bond donors (Lipinski definition) is 0. The van der Waals surface area contributed by atoms with Gasteiger partial charge in [0.25, 0.3) is 0 Å². The number of hydrogen-bond acceptors (Lipinski definition) is 7. The molecule has 2 unspecified atom stereocenters. The standard InChI is InChI=1S/C48H56O7Si/c1-47(32-16-28-14-29(18-32)19-33(47)17-28)53-27-36(26-49)54-46(51)41(25-45(50)55-48(2)34-20-30-15-31(22-34)23-35(48)21-30)40-24-37(12-13-42(40)52-3)56-43-10-6-4-8-38(43)39-9-5-7-11-44(39)56/h4-13,24,26,28-36,41,56H,14-23,25,27H2,1-3H3. The molecular formula is C48H56O7Si. The van der Waals surface area contributed by atoms with E-state index in [0.717, 1.165) is 54.5 Å². The van der Waals surface area contributed by atoms with Crippen LogP contribution in [-0.2, 0) is 28.6 Å². The van der Waals surface area contributed by atoms with Crippen LogP contribution in [0.2, 0.25) is 0 Å². The Morgan fingerprint density at radius 3 is 1.77 bits per heavy atom. The van der Waals surface area contributed by atoms with Gasteiger partial charge in [-0.2, -0.15) is 0 Å². The van der Waals surface area contributed by atoms with Crippen LogP contribution < -0.4 is 20.3 Å². The molecule has 8 saturated carbocycles. The fourth-order valence-corrected chi connectivity index (χ4v) is 17.2. The molecule has 2 atom stereocenters. The molecule has 12 rings (SSSR count). The lowest BCUT2D eigenvalue weighted by Gasteiger charge is -2.59. The lowest BCUT2D eigenvalue weighted by atomic mass is 9.50. The minimum absolute atomic E-state index is 0.00867. The Morgan fingerprint density at radius 1 is 0.732 bits per heavy atom. The molecule has 0 spiro atoms. The number of fused-ring (bicyclic) bond motifs is 3. The van der Waals surface area contributed by atoms with E-state index in [4.69, 9.17) is 18.9 Å². The molecule has 0 N–H and O–H groups in total. The third kappa shape index (κ3) is 6.02. The normalized spacial score (nSPS) is 35.4. The molecule has 7 nitrogen and oxygen atoms in total. The van der Waals surface area contributed by atoms with Crippen LogP contribution in [0, 0.1) is 47.3 Å². The summed E-state index contributed by atoms with van der Waals surface area (Å²) in [5.41, 5.74) is 2.23. The quantitative estimate of drug-likeness (QED) is 0.0924. The van der Waals surface area contributed by atoms with Gasteiger partial charge in [0.1, 0.15) is 20.1 Å². The largest absolute Gasteiger partial charge is 0.496 e. The fraction of sp³-hybridized carbons (Fsp3) is 0.562. The third-order valence-electron chi connectivity index (χ3n) is 16.3. The molecule has 8 heteroatoms. The van der Waals surface area contributed by atoms with E-state index in [1.807, 2.05) is 6.07 Å². The Kier molecular flexibility index (Phi) is 9.12. The molecule has 1 aliphatic heterocycles. The summed E-state index contributed by atoms with van der Waals surface area (Å²) in [6.07, 6.45) is 11.2. The van der Waals surface area contributed by atoms with E-state index in [2.05, 4.69) is 74.5 Å². The molecule has 294 valence electrons. The number of rotatable bonds is 12. The maximum atomic E-state index is 14.6. The molecule has 0 saturated heterocycles. The highest BCUT2D eigenvalue weighted by Gasteiger charge is 2.58. The van der Waals surface area contributed by atoms with E-state index in [1.165, 1.54) is 60.0 Å². The number of carbonyl (C=O) groups excluding carboxylic acids is 3. The van der Waals surface area contributed by atoms with Gasteiger partial charge in [-0.3, -0.25) is 14.4 Å². The number of ether oxygens (including phenoxy) is 4. The van der Waals surface area contributed by atoms with Crippen molar-refractivity contribution in [3.63, 3.8) is 0 Å². The summed E-state index contributed by atoms with van der Waals surface area (Å²) in [5.74, 6) is 3.14. The summed E-state index contributed by atoms with van der Waals surface area (Å²) in [5, 5.41) is 3.78.